The van der Waals surface area contributed by atoms with Gasteiger partial charge in [-0.1, -0.05) is 17.7 Å². The number of halogens is 4. The van der Waals surface area contributed by atoms with E-state index in [0.717, 1.165) is 12.1 Å². The molecule has 22 heavy (non-hydrogen) atoms. The summed E-state index contributed by atoms with van der Waals surface area (Å²) in [6, 6.07) is 8.01. The quantitative estimate of drug-likeness (QED) is 0.855. The van der Waals surface area contributed by atoms with Crippen LogP contribution in [0.4, 0.5) is 18.9 Å². The minimum absolute atomic E-state index is 0.348. The molecule has 3 nitrogen and oxygen atoms in total. The number of carbonyl (C=O) groups excluding carboxylic acids is 1. The van der Waals surface area contributed by atoms with E-state index in [0.29, 0.717) is 10.8 Å². The number of nitrogens with one attached hydrogen (secondary N) is 1. The third kappa shape index (κ3) is 3.71. The first kappa shape index (κ1) is 16.2. The summed E-state index contributed by atoms with van der Waals surface area (Å²) in [7, 11) is 0. The van der Waals surface area contributed by atoms with E-state index < -0.39 is 35.2 Å². The molecular formula is C15H11ClF3NO2. The normalized spacial score (nSPS) is 11.9. The summed E-state index contributed by atoms with van der Waals surface area (Å²) in [5.74, 6) is -4.82. The molecule has 7 heteroatoms. The molecule has 1 atom stereocenters. The highest BCUT2D eigenvalue weighted by atomic mass is 35.5. The average Bonchev–Trinajstić information content (AvgIpc) is 2.47. The van der Waals surface area contributed by atoms with Crippen molar-refractivity contribution in [1.82, 2.24) is 0 Å². The Morgan fingerprint density at radius 1 is 1.18 bits per heavy atom. The fraction of sp³-hybridized carbons (Fsp3) is 0.133. The first-order valence-electron chi connectivity index (χ1n) is 6.25. The van der Waals surface area contributed by atoms with E-state index in [1.807, 2.05) is 0 Å². The average molecular weight is 330 g/mol. The molecule has 0 saturated carbocycles. The van der Waals surface area contributed by atoms with Crippen molar-refractivity contribution < 1.29 is 22.7 Å². The van der Waals surface area contributed by atoms with Gasteiger partial charge < -0.3 is 10.1 Å². The fourth-order valence-electron chi connectivity index (χ4n) is 1.65. The maximum absolute atomic E-state index is 13.5. The van der Waals surface area contributed by atoms with Crippen molar-refractivity contribution in [3.63, 3.8) is 0 Å². The molecule has 116 valence electrons. The summed E-state index contributed by atoms with van der Waals surface area (Å²) in [6.45, 7) is 1.42. The second kappa shape index (κ2) is 6.70. The van der Waals surface area contributed by atoms with Crippen LogP contribution in [0.15, 0.2) is 36.4 Å². The van der Waals surface area contributed by atoms with Gasteiger partial charge in [-0.25, -0.2) is 13.2 Å². The standard InChI is InChI=1S/C15H11ClF3NO2/c1-8(22-10-4-2-3-9(16)7-10)15(21)20-12-6-5-11(17)13(18)14(12)19/h2-8H,1H3,(H,20,21)/t8-/m0/s1. The van der Waals surface area contributed by atoms with Gasteiger partial charge in [-0.15, -0.1) is 0 Å². The summed E-state index contributed by atoms with van der Waals surface area (Å²) in [6.07, 6.45) is -0.994. The predicted octanol–water partition coefficient (Wildman–Crippen LogP) is 4.16. The van der Waals surface area contributed by atoms with Gasteiger partial charge in [-0.05, 0) is 37.3 Å². The van der Waals surface area contributed by atoms with E-state index in [9.17, 15) is 18.0 Å². The lowest BCUT2D eigenvalue weighted by atomic mass is 10.2. The number of ether oxygens (including phenoxy) is 1. The molecule has 0 aliphatic heterocycles. The maximum atomic E-state index is 13.5. The highest BCUT2D eigenvalue weighted by Gasteiger charge is 2.19. The highest BCUT2D eigenvalue weighted by molar-refractivity contribution is 6.30. The van der Waals surface area contributed by atoms with Crippen LogP contribution in [0.3, 0.4) is 0 Å². The zero-order chi connectivity index (χ0) is 16.3. The van der Waals surface area contributed by atoms with Gasteiger partial charge in [0, 0.05) is 5.02 Å². The largest absolute Gasteiger partial charge is 0.481 e. The molecule has 0 bridgehead atoms. The van der Waals surface area contributed by atoms with Gasteiger partial charge in [0.05, 0.1) is 5.69 Å². The van der Waals surface area contributed by atoms with E-state index in [1.54, 1.807) is 18.2 Å². The highest BCUT2D eigenvalue weighted by Crippen LogP contribution is 2.21. The minimum Gasteiger partial charge on any atom is -0.481 e. The van der Waals surface area contributed by atoms with Crippen molar-refractivity contribution in [1.29, 1.82) is 0 Å². The Kier molecular flexibility index (Phi) is 4.92. The van der Waals surface area contributed by atoms with Crippen molar-refractivity contribution in [3.05, 3.63) is 58.9 Å². The molecule has 1 amide bonds. The van der Waals surface area contributed by atoms with Gasteiger partial charge in [0.2, 0.25) is 0 Å². The zero-order valence-corrected chi connectivity index (χ0v) is 12.1. The second-order valence-corrected chi connectivity index (χ2v) is 4.87. The van der Waals surface area contributed by atoms with Crippen LogP contribution in [0.1, 0.15) is 6.92 Å². The Labute approximate surface area is 129 Å². The van der Waals surface area contributed by atoms with E-state index in [4.69, 9.17) is 16.3 Å². The molecule has 0 aliphatic rings. The lowest BCUT2D eigenvalue weighted by molar-refractivity contribution is -0.122. The van der Waals surface area contributed by atoms with E-state index in [2.05, 4.69) is 5.32 Å². The summed E-state index contributed by atoms with van der Waals surface area (Å²) in [5, 5.41) is 2.56. The SMILES string of the molecule is C[C@H](Oc1cccc(Cl)c1)C(=O)Nc1ccc(F)c(F)c1F. The first-order chi connectivity index (χ1) is 10.4. The van der Waals surface area contributed by atoms with Crippen LogP contribution in [-0.4, -0.2) is 12.0 Å². The van der Waals surface area contributed by atoms with Crippen LogP contribution in [0.5, 0.6) is 5.75 Å². The number of rotatable bonds is 4. The molecule has 1 N–H and O–H groups in total. The Morgan fingerprint density at radius 3 is 2.59 bits per heavy atom. The number of hydrogen-bond acceptors (Lipinski definition) is 2. The van der Waals surface area contributed by atoms with E-state index in [1.165, 1.54) is 13.0 Å². The van der Waals surface area contributed by atoms with Gasteiger partial charge in [-0.2, -0.15) is 0 Å². The summed E-state index contributed by atoms with van der Waals surface area (Å²) in [4.78, 5) is 11.9. The number of carbonyl (C=O) groups is 1. The van der Waals surface area contributed by atoms with Gasteiger partial charge in [-0.3, -0.25) is 4.79 Å². The smallest absolute Gasteiger partial charge is 0.265 e. The van der Waals surface area contributed by atoms with Crippen LogP contribution in [0, 0.1) is 17.5 Å². The van der Waals surface area contributed by atoms with E-state index in [-0.39, 0.29) is 0 Å². The molecule has 0 aromatic heterocycles. The second-order valence-electron chi connectivity index (χ2n) is 4.43. The topological polar surface area (TPSA) is 38.3 Å². The van der Waals surface area contributed by atoms with Gasteiger partial charge >= 0.3 is 0 Å². The lowest BCUT2D eigenvalue weighted by Gasteiger charge is -2.15. The van der Waals surface area contributed by atoms with Crippen LogP contribution in [0.2, 0.25) is 5.02 Å². The Hall–Kier alpha value is -2.21. The van der Waals surface area contributed by atoms with Crippen molar-refractivity contribution in [2.45, 2.75) is 13.0 Å². The van der Waals surface area contributed by atoms with Gasteiger partial charge in [0.25, 0.3) is 5.91 Å². The predicted molar refractivity (Wildman–Crippen MR) is 76.5 cm³/mol. The van der Waals surface area contributed by atoms with Crippen molar-refractivity contribution in [2.75, 3.05) is 5.32 Å². The Bertz CT molecular complexity index is 709. The molecule has 0 radical (unpaired) electrons. The third-order valence-corrected chi connectivity index (χ3v) is 3.01. The summed E-state index contributed by atoms with van der Waals surface area (Å²) >= 11 is 5.78. The molecule has 2 rings (SSSR count). The number of benzene rings is 2. The van der Waals surface area contributed by atoms with Crippen LogP contribution in [-0.2, 0) is 4.79 Å². The first-order valence-corrected chi connectivity index (χ1v) is 6.63. The third-order valence-electron chi connectivity index (χ3n) is 2.77. The molecule has 0 saturated heterocycles. The lowest BCUT2D eigenvalue weighted by Crippen LogP contribution is -2.30. The van der Waals surface area contributed by atoms with E-state index >= 15 is 0 Å². The Morgan fingerprint density at radius 2 is 1.91 bits per heavy atom. The van der Waals surface area contributed by atoms with Gasteiger partial charge in [0.1, 0.15) is 5.75 Å². The molecule has 0 unspecified atom stereocenters. The monoisotopic (exact) mass is 329 g/mol. The van der Waals surface area contributed by atoms with Crippen molar-refractivity contribution in [2.24, 2.45) is 0 Å². The van der Waals surface area contributed by atoms with Gasteiger partial charge in [0.15, 0.2) is 23.6 Å². The number of amides is 1. The van der Waals surface area contributed by atoms with Crippen LogP contribution >= 0.6 is 11.6 Å². The molecular weight excluding hydrogens is 319 g/mol. The molecule has 0 aliphatic carbocycles. The molecule has 0 heterocycles. The summed E-state index contributed by atoms with van der Waals surface area (Å²) < 4.78 is 44.7. The maximum Gasteiger partial charge on any atom is 0.265 e. The molecule has 0 fully saturated rings. The molecule has 2 aromatic carbocycles. The van der Waals surface area contributed by atoms with Crippen LogP contribution in [0.25, 0.3) is 0 Å². The van der Waals surface area contributed by atoms with Crippen molar-refractivity contribution >= 4 is 23.2 Å². The van der Waals surface area contributed by atoms with Crippen LogP contribution < -0.4 is 10.1 Å². The fourth-order valence-corrected chi connectivity index (χ4v) is 1.84. The molecule has 2 aromatic rings. The number of hydrogen-bond donors (Lipinski definition) is 1. The van der Waals surface area contributed by atoms with Crippen molar-refractivity contribution in [3.8, 4) is 5.75 Å². The summed E-state index contributed by atoms with van der Waals surface area (Å²) in [5.41, 5.74) is -0.467. The minimum atomic E-state index is -1.65. The number of anilines is 1. The molecule has 0 spiro atoms. The Balaban J connectivity index is 2.07. The zero-order valence-electron chi connectivity index (χ0n) is 11.4.